The molecule has 436 valence electrons. The first-order chi connectivity index (χ1) is 40.1. The lowest BCUT2D eigenvalue weighted by Crippen LogP contribution is -2.36. The molecule has 2 spiro atoms. The van der Waals surface area contributed by atoms with Crippen LogP contribution in [0.15, 0.2) is 116 Å². The van der Waals surface area contributed by atoms with Gasteiger partial charge in [0.1, 0.15) is 18.6 Å². The predicted molar refractivity (Wildman–Crippen MR) is 312 cm³/mol. The molecule has 2 aromatic carbocycles. The summed E-state index contributed by atoms with van der Waals surface area (Å²) in [5.74, 6) is 2.15. The number of hydrogen-bond acceptors (Lipinski definition) is 17. The number of carboxylic acids is 1. The van der Waals surface area contributed by atoms with Crippen LogP contribution in [0.2, 0.25) is 0 Å². The lowest BCUT2D eigenvalue weighted by molar-refractivity contribution is -0.139. The summed E-state index contributed by atoms with van der Waals surface area (Å²) >= 11 is 0. The number of carbonyl (C=O) groups is 4. The minimum absolute atomic E-state index is 0.0220. The minimum atomic E-state index is -0.584. The lowest BCUT2D eigenvalue weighted by Gasteiger charge is -2.30. The van der Waals surface area contributed by atoms with E-state index >= 15 is 0 Å². The van der Waals surface area contributed by atoms with Gasteiger partial charge in [-0.2, -0.15) is 0 Å². The number of rotatable bonds is 21. The average molecular weight is 1130 g/mol. The molecule has 4 atom stereocenters. The number of fused-ring (bicyclic) bond motifs is 2. The zero-order valence-electron chi connectivity index (χ0n) is 48.1. The molecule has 2 aliphatic carbocycles. The van der Waals surface area contributed by atoms with Crippen molar-refractivity contribution in [3.05, 3.63) is 133 Å². The molecule has 0 bridgehead atoms. The summed E-state index contributed by atoms with van der Waals surface area (Å²) in [6.45, 7) is 8.20. The van der Waals surface area contributed by atoms with Gasteiger partial charge in [0.15, 0.2) is 11.5 Å². The summed E-state index contributed by atoms with van der Waals surface area (Å²) in [6, 6.07) is 19.6. The molecule has 4 N–H and O–H groups in total. The van der Waals surface area contributed by atoms with Crippen LogP contribution in [0, 0.1) is 36.5 Å². The van der Waals surface area contributed by atoms with Crippen molar-refractivity contribution in [3.8, 4) is 22.6 Å². The zero-order valence-corrected chi connectivity index (χ0v) is 48.1. The highest BCUT2D eigenvalue weighted by Gasteiger charge is 2.59. The van der Waals surface area contributed by atoms with Crippen molar-refractivity contribution < 1.29 is 42.0 Å². The number of nitrogens with two attached hydrogens (primary N) is 1. The van der Waals surface area contributed by atoms with Gasteiger partial charge in [0.05, 0.1) is 47.8 Å². The van der Waals surface area contributed by atoms with Gasteiger partial charge in [0.25, 0.3) is 11.8 Å². The van der Waals surface area contributed by atoms with E-state index in [1.165, 1.54) is 24.9 Å². The Morgan fingerprint density at radius 2 is 1.11 bits per heavy atom. The first kappa shape index (κ1) is 58.5. The molecule has 2 unspecified atom stereocenters. The van der Waals surface area contributed by atoms with Gasteiger partial charge in [-0.15, -0.1) is 0 Å². The summed E-state index contributed by atoms with van der Waals surface area (Å²) in [6.07, 6.45) is 22.6. The van der Waals surface area contributed by atoms with E-state index in [-0.39, 0.29) is 64.0 Å². The van der Waals surface area contributed by atoms with E-state index in [9.17, 15) is 19.2 Å². The van der Waals surface area contributed by atoms with Crippen molar-refractivity contribution >= 4 is 45.2 Å². The van der Waals surface area contributed by atoms with E-state index in [0.29, 0.717) is 42.6 Å². The van der Waals surface area contributed by atoms with Gasteiger partial charge in [-0.25, -0.2) is 19.9 Å². The summed E-state index contributed by atoms with van der Waals surface area (Å²) in [4.78, 5) is 78.7. The number of aromatic nitrogens is 6. The predicted octanol–water partition coefficient (Wildman–Crippen LogP) is 11.7. The van der Waals surface area contributed by atoms with Gasteiger partial charge in [0, 0.05) is 52.0 Å². The van der Waals surface area contributed by atoms with E-state index in [4.69, 9.17) is 28.5 Å². The number of Topliss-reactive ketones (excluding diaryl/α,β-unsaturated/α-hetero) is 2. The number of aryl methyl sites for hydroxylation is 2. The molecular weight excluding hydrogens is 1050 g/mol. The molecule has 2 saturated carbocycles. The molecule has 2 saturated heterocycles. The highest BCUT2D eigenvalue weighted by atomic mass is 16.4. The van der Waals surface area contributed by atoms with Crippen molar-refractivity contribution in [1.82, 2.24) is 45.0 Å². The van der Waals surface area contributed by atoms with Gasteiger partial charge in [-0.1, -0.05) is 37.8 Å². The number of nitrogens with one attached hydrogen (secondary N) is 1. The van der Waals surface area contributed by atoms with Crippen LogP contribution >= 0.6 is 0 Å². The van der Waals surface area contributed by atoms with E-state index in [1.54, 1.807) is 12.4 Å². The van der Waals surface area contributed by atoms with Crippen molar-refractivity contribution in [2.45, 2.75) is 129 Å². The van der Waals surface area contributed by atoms with Gasteiger partial charge >= 0.3 is 5.97 Å². The number of ketones is 2. The summed E-state index contributed by atoms with van der Waals surface area (Å²) < 4.78 is 22.3. The molecule has 4 aliphatic rings. The Balaban J connectivity index is 0.000000159. The monoisotopic (exact) mass is 1130 g/mol. The Morgan fingerprint density at radius 1 is 0.627 bits per heavy atom. The summed E-state index contributed by atoms with van der Waals surface area (Å²) in [5, 5.41) is 14.2. The van der Waals surface area contributed by atoms with Gasteiger partial charge in [0.2, 0.25) is 29.3 Å². The highest BCUT2D eigenvalue weighted by molar-refractivity contribution is 5.92. The van der Waals surface area contributed by atoms with Crippen molar-refractivity contribution in [2.24, 2.45) is 28.4 Å². The van der Waals surface area contributed by atoms with Crippen LogP contribution in [-0.2, 0) is 9.59 Å². The molecule has 4 fully saturated rings. The van der Waals surface area contributed by atoms with Crippen LogP contribution in [0.1, 0.15) is 159 Å². The van der Waals surface area contributed by atoms with E-state index in [2.05, 4.69) is 77.3 Å². The number of aliphatic carboxylic acids is 1. The maximum atomic E-state index is 13.4. The number of hydrogen-bond donors (Lipinski definition) is 3. The number of piperidine rings is 2. The highest BCUT2D eigenvalue weighted by Crippen LogP contribution is 2.60. The van der Waals surface area contributed by atoms with Gasteiger partial charge in [-0.3, -0.25) is 29.1 Å². The number of likely N-dealkylation sites (tertiary alicyclic amines) is 2. The SMILES string of the molecule is CN1CCC2(CC1)C[C@@H]2C(=O)O.Cc1ccc2cc(-c3cnc(C(CCCCCC(=O)c4ncco4)NC(=O)[C@H]4CC45CCN(C)CC5)o3)ccc2n1.Cc1ccc2cc(-c3cnc(C(N)CCCCCC(=O)c4ncco4)o3)ccc2n1. The Labute approximate surface area is 483 Å². The fourth-order valence-corrected chi connectivity index (χ4v) is 11.8. The number of pyridine rings is 2. The molecule has 6 aromatic heterocycles. The van der Waals surface area contributed by atoms with Crippen LogP contribution in [0.5, 0.6) is 0 Å². The Morgan fingerprint density at radius 3 is 1.60 bits per heavy atom. The fourth-order valence-electron chi connectivity index (χ4n) is 11.8. The number of benzene rings is 2. The molecule has 12 rings (SSSR count). The lowest BCUT2D eigenvalue weighted by atomic mass is 9.91. The molecule has 19 nitrogen and oxygen atoms in total. The number of amides is 1. The third kappa shape index (κ3) is 14.7. The van der Waals surface area contributed by atoms with Crippen LogP contribution in [0.4, 0.5) is 0 Å². The zero-order chi connectivity index (χ0) is 58.1. The Bertz CT molecular complexity index is 3480. The Kier molecular flexibility index (Phi) is 18.5. The normalized spacial score (nSPS) is 18.7. The van der Waals surface area contributed by atoms with E-state index in [1.807, 2.05) is 56.3 Å². The third-order valence-electron chi connectivity index (χ3n) is 17.3. The molecule has 83 heavy (non-hydrogen) atoms. The van der Waals surface area contributed by atoms with E-state index < -0.39 is 5.97 Å². The minimum Gasteiger partial charge on any atom is -0.481 e. The third-order valence-corrected chi connectivity index (χ3v) is 17.3. The van der Waals surface area contributed by atoms with Crippen LogP contribution in [0.3, 0.4) is 0 Å². The first-order valence-electron chi connectivity index (χ1n) is 29.3. The van der Waals surface area contributed by atoms with Crippen molar-refractivity contribution in [3.63, 3.8) is 0 Å². The standard InChI is InChI=1S/C32H37N5O4.C23H24N4O3.C9H15NO2/c1-21-8-9-22-18-23(10-11-25(22)35-21)28-20-34-30(41-28)26(6-4-3-5-7-27(38)31-33-14-17-40-31)36-29(39)24-19-32(24)12-15-37(2)16-13-32;1-15-7-8-16-13-17(9-10-19(16)27-15)21-14-26-22(30-21)18(24)5-3-2-4-6-20(28)23-25-11-12-29-23;1-10-4-2-9(3-5-10)6-7(9)8(11)12/h8-11,14,17-18,20,24,26H,3-7,12-13,15-16,19H2,1-2H3,(H,36,39);7-14,18H,2-6,24H2,1H3;7H,2-6H2,1H3,(H,11,12)/t24-,26?;;7-/m1.1/s1. The Hall–Kier alpha value is -7.74. The largest absolute Gasteiger partial charge is 0.481 e. The van der Waals surface area contributed by atoms with Gasteiger partial charge < -0.3 is 43.6 Å². The van der Waals surface area contributed by atoms with E-state index in [0.717, 1.165) is 154 Å². The molecule has 8 heterocycles. The molecule has 19 heteroatoms. The first-order valence-corrected chi connectivity index (χ1v) is 29.3. The fraction of sp³-hybridized carbons (Fsp3) is 0.469. The van der Waals surface area contributed by atoms with Crippen molar-refractivity contribution in [2.75, 3.05) is 40.3 Å². The molecule has 8 aromatic rings. The molecule has 2 aliphatic heterocycles. The number of nitrogens with zero attached hydrogens (tertiary/aromatic N) is 8. The quantitative estimate of drug-likeness (QED) is 0.0446. The number of carbonyl (C=O) groups excluding carboxylic acids is 3. The van der Waals surface area contributed by atoms with Gasteiger partial charge in [-0.05, 0) is 178 Å². The summed E-state index contributed by atoms with van der Waals surface area (Å²) in [5.41, 5.74) is 12.3. The number of unbranched alkanes of at least 4 members (excludes halogenated alkanes) is 4. The van der Waals surface area contributed by atoms with Crippen LogP contribution in [-0.4, -0.2) is 109 Å². The van der Waals surface area contributed by atoms with Crippen LogP contribution in [0.25, 0.3) is 44.5 Å². The molecule has 0 radical (unpaired) electrons. The topological polar surface area (TPSA) is 263 Å². The average Bonchev–Trinajstić information content (AvgIpc) is 4.18. The second-order valence-corrected chi connectivity index (χ2v) is 23.4. The second kappa shape index (κ2) is 26.2. The van der Waals surface area contributed by atoms with Crippen LogP contribution < -0.4 is 11.1 Å². The van der Waals surface area contributed by atoms with Crippen molar-refractivity contribution in [1.29, 1.82) is 0 Å². The molecule has 1 amide bonds. The number of carboxylic acid groups (broad SMARTS) is 1. The maximum absolute atomic E-state index is 13.4. The second-order valence-electron chi connectivity index (χ2n) is 23.4. The maximum Gasteiger partial charge on any atom is 0.307 e. The smallest absolute Gasteiger partial charge is 0.307 e. The molecular formula is C64H76N10O9. The number of oxazole rings is 4. The summed E-state index contributed by atoms with van der Waals surface area (Å²) in [7, 11) is 4.25.